The summed E-state index contributed by atoms with van der Waals surface area (Å²) in [6, 6.07) is 8.21. The molecule has 1 aromatic heterocycles. The molecule has 0 bridgehead atoms. The van der Waals surface area contributed by atoms with Gasteiger partial charge in [-0.3, -0.25) is 0 Å². The van der Waals surface area contributed by atoms with Gasteiger partial charge in [0.25, 0.3) is 0 Å². The number of benzene rings is 1. The van der Waals surface area contributed by atoms with Gasteiger partial charge in [0.05, 0.1) is 38.4 Å². The monoisotopic (exact) mass is 275 g/mol. The van der Waals surface area contributed by atoms with E-state index in [1.165, 1.54) is 0 Å². The van der Waals surface area contributed by atoms with Crippen LogP contribution in [0.15, 0.2) is 30.6 Å². The molecule has 5 heteroatoms. The number of aromatic nitrogens is 2. The van der Waals surface area contributed by atoms with Crippen molar-refractivity contribution in [3.05, 3.63) is 47.5 Å². The van der Waals surface area contributed by atoms with Crippen molar-refractivity contribution in [2.24, 2.45) is 0 Å². The van der Waals surface area contributed by atoms with Gasteiger partial charge in [-0.1, -0.05) is 12.1 Å². The molecule has 0 aliphatic heterocycles. The molecule has 0 atom stereocenters. The maximum absolute atomic E-state index is 5.51. The van der Waals surface area contributed by atoms with Gasteiger partial charge in [0.15, 0.2) is 0 Å². The lowest BCUT2D eigenvalue weighted by Gasteiger charge is -2.08. The number of ether oxygens (including phenoxy) is 2. The van der Waals surface area contributed by atoms with E-state index >= 15 is 0 Å². The van der Waals surface area contributed by atoms with Crippen LogP contribution >= 0.6 is 0 Å². The van der Waals surface area contributed by atoms with E-state index < -0.39 is 0 Å². The summed E-state index contributed by atoms with van der Waals surface area (Å²) >= 11 is 0. The van der Waals surface area contributed by atoms with Crippen LogP contribution in [0.4, 0.5) is 5.69 Å². The van der Waals surface area contributed by atoms with Crippen molar-refractivity contribution in [2.75, 3.05) is 25.6 Å². The zero-order valence-corrected chi connectivity index (χ0v) is 12.0. The number of anilines is 1. The highest BCUT2D eigenvalue weighted by Gasteiger charge is 2.01. The molecule has 0 unspecified atom stereocenters. The fourth-order valence-electron chi connectivity index (χ4n) is 1.85. The Kier molecular flexibility index (Phi) is 5.58. The fraction of sp³-hybridized carbons (Fsp3) is 0.400. The van der Waals surface area contributed by atoms with Crippen molar-refractivity contribution >= 4 is 5.69 Å². The van der Waals surface area contributed by atoms with Crippen LogP contribution in [0.25, 0.3) is 0 Å². The molecule has 0 aliphatic rings. The summed E-state index contributed by atoms with van der Waals surface area (Å²) in [5.74, 6) is 0. The van der Waals surface area contributed by atoms with Crippen molar-refractivity contribution in [1.82, 2.24) is 9.97 Å². The maximum Gasteiger partial charge on any atom is 0.0925 e. The van der Waals surface area contributed by atoms with Gasteiger partial charge in [-0.15, -0.1) is 0 Å². The first kappa shape index (κ1) is 14.6. The van der Waals surface area contributed by atoms with E-state index in [0.717, 1.165) is 22.6 Å². The fourth-order valence-corrected chi connectivity index (χ4v) is 1.85. The maximum atomic E-state index is 5.51. The predicted molar refractivity (Wildman–Crippen MR) is 78.6 cm³/mol. The van der Waals surface area contributed by atoms with E-state index in [2.05, 4.69) is 27.4 Å². The number of hydrogen-bond acceptors (Lipinski definition) is 4. The van der Waals surface area contributed by atoms with Gasteiger partial charge >= 0.3 is 0 Å². The Morgan fingerprint density at radius 1 is 1.30 bits per heavy atom. The van der Waals surface area contributed by atoms with Gasteiger partial charge in [-0.2, -0.15) is 0 Å². The first-order valence-corrected chi connectivity index (χ1v) is 6.68. The number of nitrogens with zero attached hydrogens (tertiary/aromatic N) is 1. The van der Waals surface area contributed by atoms with Crippen LogP contribution in [-0.4, -0.2) is 30.3 Å². The van der Waals surface area contributed by atoms with E-state index in [0.29, 0.717) is 26.4 Å². The summed E-state index contributed by atoms with van der Waals surface area (Å²) in [6.07, 6.45) is 1.71. The van der Waals surface area contributed by atoms with Crippen LogP contribution < -0.4 is 5.32 Å². The smallest absolute Gasteiger partial charge is 0.0925 e. The molecule has 0 amide bonds. The summed E-state index contributed by atoms with van der Waals surface area (Å²) in [6.45, 7) is 4.56. The molecule has 0 aliphatic carbocycles. The first-order chi connectivity index (χ1) is 9.79. The van der Waals surface area contributed by atoms with Gasteiger partial charge in [0.1, 0.15) is 0 Å². The molecule has 108 valence electrons. The Hall–Kier alpha value is -1.85. The second-order valence-corrected chi connectivity index (χ2v) is 4.57. The molecule has 5 nitrogen and oxygen atoms in total. The number of imidazole rings is 1. The topological polar surface area (TPSA) is 59.2 Å². The average Bonchev–Trinajstić information content (AvgIpc) is 2.87. The molecule has 0 saturated heterocycles. The van der Waals surface area contributed by atoms with Crippen LogP contribution in [-0.2, 0) is 22.6 Å². The number of rotatable bonds is 8. The van der Waals surface area contributed by atoms with Crippen molar-refractivity contribution in [2.45, 2.75) is 20.1 Å². The van der Waals surface area contributed by atoms with Gasteiger partial charge in [0, 0.05) is 18.5 Å². The Balaban J connectivity index is 1.84. The summed E-state index contributed by atoms with van der Waals surface area (Å²) in [4.78, 5) is 7.34. The quantitative estimate of drug-likeness (QED) is 0.727. The van der Waals surface area contributed by atoms with Crippen LogP contribution in [0.5, 0.6) is 0 Å². The minimum absolute atomic E-state index is 0.598. The van der Waals surface area contributed by atoms with Crippen molar-refractivity contribution in [1.29, 1.82) is 0 Å². The average molecular weight is 275 g/mol. The standard InChI is InChI=1S/C15H21N3O2/c1-12-15(18-11-17-12)9-16-14-5-3-4-13(8-14)10-20-7-6-19-2/h3-5,8,11,16H,6-7,9-10H2,1-2H3,(H,17,18). The molecular weight excluding hydrogens is 254 g/mol. The Morgan fingerprint density at radius 3 is 2.95 bits per heavy atom. The van der Waals surface area contributed by atoms with Crippen LogP contribution in [0.2, 0.25) is 0 Å². The van der Waals surface area contributed by atoms with Crippen molar-refractivity contribution in [3.8, 4) is 0 Å². The summed E-state index contributed by atoms with van der Waals surface area (Å²) in [5.41, 5.74) is 4.34. The number of methoxy groups -OCH3 is 1. The predicted octanol–water partition coefficient (Wildman–Crippen LogP) is 2.49. The normalized spacial score (nSPS) is 10.7. The molecule has 0 fully saturated rings. The number of aryl methyl sites for hydroxylation is 1. The van der Waals surface area contributed by atoms with Crippen molar-refractivity contribution in [3.63, 3.8) is 0 Å². The van der Waals surface area contributed by atoms with Crippen LogP contribution in [0, 0.1) is 6.92 Å². The molecule has 2 aromatic rings. The lowest BCUT2D eigenvalue weighted by Crippen LogP contribution is -2.03. The highest BCUT2D eigenvalue weighted by Crippen LogP contribution is 2.13. The van der Waals surface area contributed by atoms with Crippen LogP contribution in [0.1, 0.15) is 17.0 Å². The van der Waals surface area contributed by atoms with E-state index in [1.807, 2.05) is 19.1 Å². The third kappa shape index (κ3) is 4.36. The first-order valence-electron chi connectivity index (χ1n) is 6.68. The SMILES string of the molecule is COCCOCc1cccc(NCc2nc[nH]c2C)c1. The minimum Gasteiger partial charge on any atom is -0.382 e. The lowest BCUT2D eigenvalue weighted by molar-refractivity contribution is 0.0617. The summed E-state index contributed by atoms with van der Waals surface area (Å²) in [7, 11) is 1.67. The second-order valence-electron chi connectivity index (χ2n) is 4.57. The van der Waals surface area contributed by atoms with Gasteiger partial charge < -0.3 is 19.8 Å². The molecular formula is C15H21N3O2. The lowest BCUT2D eigenvalue weighted by atomic mass is 10.2. The van der Waals surface area contributed by atoms with Gasteiger partial charge in [-0.25, -0.2) is 4.98 Å². The molecule has 1 aromatic carbocycles. The number of nitrogens with one attached hydrogen (secondary N) is 2. The number of H-pyrrole nitrogens is 1. The molecule has 0 radical (unpaired) electrons. The summed E-state index contributed by atoms with van der Waals surface area (Å²) < 4.78 is 10.5. The minimum atomic E-state index is 0.598. The Morgan fingerprint density at radius 2 is 2.20 bits per heavy atom. The zero-order valence-electron chi connectivity index (χ0n) is 12.0. The van der Waals surface area contributed by atoms with E-state index in [1.54, 1.807) is 13.4 Å². The molecule has 0 spiro atoms. The molecule has 2 rings (SSSR count). The number of hydrogen-bond donors (Lipinski definition) is 2. The third-order valence-corrected chi connectivity index (χ3v) is 3.02. The Bertz CT molecular complexity index is 525. The van der Waals surface area contributed by atoms with Crippen LogP contribution in [0.3, 0.4) is 0 Å². The van der Waals surface area contributed by atoms with Gasteiger partial charge in [0.2, 0.25) is 0 Å². The second kappa shape index (κ2) is 7.67. The van der Waals surface area contributed by atoms with Gasteiger partial charge in [-0.05, 0) is 24.6 Å². The van der Waals surface area contributed by atoms with E-state index in [4.69, 9.17) is 9.47 Å². The zero-order chi connectivity index (χ0) is 14.2. The third-order valence-electron chi connectivity index (χ3n) is 3.02. The molecule has 0 saturated carbocycles. The molecule has 20 heavy (non-hydrogen) atoms. The Labute approximate surface area is 119 Å². The van der Waals surface area contributed by atoms with E-state index in [-0.39, 0.29) is 0 Å². The van der Waals surface area contributed by atoms with Crippen molar-refractivity contribution < 1.29 is 9.47 Å². The summed E-state index contributed by atoms with van der Waals surface area (Å²) in [5, 5.41) is 3.37. The molecule has 1 heterocycles. The highest BCUT2D eigenvalue weighted by atomic mass is 16.5. The van der Waals surface area contributed by atoms with E-state index in [9.17, 15) is 0 Å². The highest BCUT2D eigenvalue weighted by molar-refractivity contribution is 5.46. The largest absolute Gasteiger partial charge is 0.382 e. The number of aromatic amines is 1. The molecule has 2 N–H and O–H groups in total.